The van der Waals surface area contributed by atoms with Gasteiger partial charge in [0.2, 0.25) is 0 Å². The van der Waals surface area contributed by atoms with E-state index in [0.717, 1.165) is 4.90 Å². The SMILES string of the molecule is CO/N=C(/C(=O)NC1C(=O)N2C(C(=O)O)=C(COC(C)=O)CSC12)c1csc(N)c1. The van der Waals surface area contributed by atoms with Gasteiger partial charge >= 0.3 is 11.9 Å². The first-order valence-electron chi connectivity index (χ1n) is 8.54. The molecule has 1 aromatic heterocycles. The van der Waals surface area contributed by atoms with Crippen LogP contribution in [0.4, 0.5) is 5.00 Å². The number of hydrogen-bond donors (Lipinski definition) is 3. The summed E-state index contributed by atoms with van der Waals surface area (Å²) in [4.78, 5) is 53.9. The minimum absolute atomic E-state index is 0.0537. The lowest BCUT2D eigenvalue weighted by Gasteiger charge is -2.49. The molecule has 2 aliphatic heterocycles. The van der Waals surface area contributed by atoms with Crippen LogP contribution in [-0.2, 0) is 28.8 Å². The Morgan fingerprint density at radius 3 is 2.73 bits per heavy atom. The van der Waals surface area contributed by atoms with Crippen LogP contribution in [0, 0.1) is 0 Å². The second-order valence-corrected chi connectivity index (χ2v) is 8.31. The minimum atomic E-state index is -1.31. The van der Waals surface area contributed by atoms with Crippen LogP contribution in [0.1, 0.15) is 12.5 Å². The van der Waals surface area contributed by atoms with Crippen LogP contribution >= 0.6 is 23.1 Å². The van der Waals surface area contributed by atoms with E-state index in [-0.39, 0.29) is 23.8 Å². The minimum Gasteiger partial charge on any atom is -0.477 e. The number of thioether (sulfide) groups is 1. The average molecular weight is 454 g/mol. The molecule has 0 saturated carbocycles. The number of ether oxygens (including phenoxy) is 1. The third-order valence-corrected chi connectivity index (χ3v) is 6.38. The van der Waals surface area contributed by atoms with Gasteiger partial charge in [-0.1, -0.05) is 5.16 Å². The highest BCUT2D eigenvalue weighted by atomic mass is 32.2. The smallest absolute Gasteiger partial charge is 0.352 e. The van der Waals surface area contributed by atoms with Crippen molar-refractivity contribution in [1.29, 1.82) is 0 Å². The Kier molecular flexibility index (Phi) is 6.31. The van der Waals surface area contributed by atoms with Crippen molar-refractivity contribution in [3.05, 3.63) is 28.3 Å². The predicted octanol–water partition coefficient (Wildman–Crippen LogP) is -0.0175. The molecule has 2 amide bonds. The molecule has 11 nitrogen and oxygen atoms in total. The lowest BCUT2D eigenvalue weighted by atomic mass is 10.0. The van der Waals surface area contributed by atoms with Gasteiger partial charge in [-0.2, -0.15) is 0 Å². The van der Waals surface area contributed by atoms with Gasteiger partial charge in [0.05, 0.1) is 5.00 Å². The van der Waals surface area contributed by atoms with E-state index in [2.05, 4.69) is 10.5 Å². The number of β-lactam (4-membered cyclic amide) rings is 1. The van der Waals surface area contributed by atoms with Gasteiger partial charge in [-0.05, 0) is 6.07 Å². The van der Waals surface area contributed by atoms with Crippen molar-refractivity contribution in [3.63, 3.8) is 0 Å². The van der Waals surface area contributed by atoms with Crippen molar-refractivity contribution in [2.45, 2.75) is 18.3 Å². The molecule has 1 aromatic rings. The molecule has 13 heteroatoms. The molecule has 3 heterocycles. The molecule has 30 heavy (non-hydrogen) atoms. The lowest BCUT2D eigenvalue weighted by molar-refractivity contribution is -0.150. The second kappa shape index (κ2) is 8.75. The van der Waals surface area contributed by atoms with E-state index >= 15 is 0 Å². The second-order valence-electron chi connectivity index (χ2n) is 6.26. The molecular formula is C17H18N4O7S2. The highest BCUT2D eigenvalue weighted by Crippen LogP contribution is 2.40. The van der Waals surface area contributed by atoms with Gasteiger partial charge in [0.1, 0.15) is 30.8 Å². The van der Waals surface area contributed by atoms with Crippen molar-refractivity contribution >= 4 is 57.6 Å². The van der Waals surface area contributed by atoms with E-state index in [1.165, 1.54) is 37.1 Å². The summed E-state index contributed by atoms with van der Waals surface area (Å²) in [6.45, 7) is 0.988. The highest BCUT2D eigenvalue weighted by molar-refractivity contribution is 8.00. The molecule has 2 unspecified atom stereocenters. The first kappa shape index (κ1) is 21.6. The van der Waals surface area contributed by atoms with Crippen molar-refractivity contribution in [1.82, 2.24) is 10.2 Å². The number of nitrogens with two attached hydrogens (primary N) is 1. The van der Waals surface area contributed by atoms with Gasteiger partial charge in [-0.25, -0.2) is 4.79 Å². The maximum atomic E-state index is 12.7. The summed E-state index contributed by atoms with van der Waals surface area (Å²) in [5, 5.41) is 17.4. The number of nitrogens with zero attached hydrogens (tertiary/aromatic N) is 2. The number of aliphatic carboxylic acids is 1. The van der Waals surface area contributed by atoms with E-state index in [1.54, 1.807) is 11.4 Å². The standard InChI is InChI=1S/C17H18N4O7S2/c1-7(22)28-4-9-6-30-16-12(15(24)21(16)13(9)17(25)26)19-14(23)11(20-27-2)8-3-10(18)29-5-8/h3,5,12,16H,4,6,18H2,1-2H3,(H,19,23)(H,25,26)/b20-11+. The molecular weight excluding hydrogens is 436 g/mol. The third kappa shape index (κ3) is 4.11. The molecule has 1 saturated heterocycles. The zero-order chi connectivity index (χ0) is 22.0. The lowest BCUT2D eigenvalue weighted by Crippen LogP contribution is -2.71. The zero-order valence-corrected chi connectivity index (χ0v) is 17.5. The van der Waals surface area contributed by atoms with Gasteiger partial charge in [-0.15, -0.1) is 23.1 Å². The molecule has 2 atom stereocenters. The zero-order valence-electron chi connectivity index (χ0n) is 15.9. The predicted molar refractivity (Wildman–Crippen MR) is 109 cm³/mol. The van der Waals surface area contributed by atoms with Crippen molar-refractivity contribution in [2.75, 3.05) is 25.2 Å². The molecule has 3 rings (SSSR count). The van der Waals surface area contributed by atoms with Crippen molar-refractivity contribution in [2.24, 2.45) is 5.16 Å². The number of rotatable bonds is 7. The van der Waals surface area contributed by atoms with E-state index in [1.807, 2.05) is 0 Å². The van der Waals surface area contributed by atoms with Crippen LogP contribution < -0.4 is 11.1 Å². The van der Waals surface area contributed by atoms with Crippen LogP contribution in [-0.4, -0.2) is 70.4 Å². The maximum Gasteiger partial charge on any atom is 0.352 e. The normalized spacial score (nSPS) is 20.9. The largest absolute Gasteiger partial charge is 0.477 e. The molecule has 0 spiro atoms. The number of nitrogen functional groups attached to an aromatic ring is 1. The van der Waals surface area contributed by atoms with E-state index in [9.17, 15) is 24.3 Å². The molecule has 1 fully saturated rings. The quantitative estimate of drug-likeness (QED) is 0.223. The Bertz CT molecular complexity index is 971. The van der Waals surface area contributed by atoms with Crippen LogP contribution in [0.15, 0.2) is 27.9 Å². The number of nitrogens with one attached hydrogen (secondary N) is 1. The first-order valence-corrected chi connectivity index (χ1v) is 10.5. The molecule has 0 bridgehead atoms. The molecule has 4 N–H and O–H groups in total. The van der Waals surface area contributed by atoms with Crippen LogP contribution in [0.3, 0.4) is 0 Å². The number of fused-ring (bicyclic) bond motifs is 1. The number of thiophene rings is 1. The number of amides is 2. The monoisotopic (exact) mass is 454 g/mol. The summed E-state index contributed by atoms with van der Waals surface area (Å²) in [6, 6.07) is 0.615. The first-order chi connectivity index (χ1) is 14.2. The summed E-state index contributed by atoms with van der Waals surface area (Å²) < 4.78 is 4.89. The van der Waals surface area contributed by atoms with E-state index in [0.29, 0.717) is 16.1 Å². The van der Waals surface area contributed by atoms with Crippen LogP contribution in [0.2, 0.25) is 0 Å². The Labute approximate surface area is 178 Å². The molecule has 2 aliphatic rings. The summed E-state index contributed by atoms with van der Waals surface area (Å²) >= 11 is 2.48. The summed E-state index contributed by atoms with van der Waals surface area (Å²) in [6.07, 6.45) is 0. The fraction of sp³-hybridized carbons (Fsp3) is 0.353. The maximum absolute atomic E-state index is 12.7. The van der Waals surface area contributed by atoms with E-state index < -0.39 is 35.2 Å². The number of hydrogen-bond acceptors (Lipinski definition) is 10. The Hall–Kier alpha value is -3.06. The fourth-order valence-electron chi connectivity index (χ4n) is 2.99. The van der Waals surface area contributed by atoms with Gasteiger partial charge in [0.15, 0.2) is 5.71 Å². The number of carboxylic acids is 1. The number of carbonyl (C=O) groups is 4. The van der Waals surface area contributed by atoms with Gasteiger partial charge in [-0.3, -0.25) is 19.3 Å². The van der Waals surface area contributed by atoms with Gasteiger partial charge in [0.25, 0.3) is 11.8 Å². The number of carbonyl (C=O) groups excluding carboxylic acids is 3. The third-order valence-electron chi connectivity index (χ3n) is 4.28. The van der Waals surface area contributed by atoms with Crippen molar-refractivity contribution in [3.8, 4) is 0 Å². The van der Waals surface area contributed by atoms with E-state index in [4.69, 9.17) is 15.3 Å². The number of oxime groups is 1. The topological polar surface area (TPSA) is 161 Å². The van der Waals surface area contributed by atoms with Crippen molar-refractivity contribution < 1.29 is 33.9 Å². The van der Waals surface area contributed by atoms with Gasteiger partial charge in [0, 0.05) is 29.2 Å². The Balaban J connectivity index is 1.77. The molecule has 0 radical (unpaired) electrons. The summed E-state index contributed by atoms with van der Waals surface area (Å²) in [5.74, 6) is -2.87. The van der Waals surface area contributed by atoms with Crippen LogP contribution in [0.25, 0.3) is 0 Å². The molecule has 0 aromatic carbocycles. The van der Waals surface area contributed by atoms with Crippen LogP contribution in [0.5, 0.6) is 0 Å². The fourth-order valence-corrected chi connectivity index (χ4v) is 4.95. The molecule has 0 aliphatic carbocycles. The summed E-state index contributed by atoms with van der Waals surface area (Å²) in [5.41, 5.74) is 6.16. The Morgan fingerprint density at radius 1 is 1.43 bits per heavy atom. The number of esters is 1. The number of anilines is 1. The summed E-state index contributed by atoms with van der Waals surface area (Å²) in [7, 11) is 1.28. The highest BCUT2D eigenvalue weighted by Gasteiger charge is 2.54. The average Bonchev–Trinajstić information content (AvgIpc) is 3.13. The Morgan fingerprint density at radius 2 is 2.17 bits per heavy atom. The van der Waals surface area contributed by atoms with Gasteiger partial charge < -0.3 is 25.7 Å². The number of carboxylic acid groups (broad SMARTS) is 1. The molecule has 160 valence electrons.